The molecule has 0 radical (unpaired) electrons. The van der Waals surface area contributed by atoms with Crippen molar-refractivity contribution in [2.45, 2.75) is 53.5 Å². The van der Waals surface area contributed by atoms with E-state index < -0.39 is 12.0 Å². The number of methoxy groups -OCH3 is 1. The maximum Gasteiger partial charge on any atom is 0.330 e. The summed E-state index contributed by atoms with van der Waals surface area (Å²) in [5.74, 6) is -0.158. The topological polar surface area (TPSA) is 64.4 Å². The summed E-state index contributed by atoms with van der Waals surface area (Å²) in [6, 6.07) is 1.17. The van der Waals surface area contributed by atoms with Gasteiger partial charge in [0.2, 0.25) is 0 Å². The summed E-state index contributed by atoms with van der Waals surface area (Å²) < 4.78 is 6.23. The minimum Gasteiger partial charge on any atom is -0.467 e. The van der Waals surface area contributed by atoms with Crippen LogP contribution in [0.2, 0.25) is 0 Å². The summed E-state index contributed by atoms with van der Waals surface area (Å²) in [5, 5.41) is 4.50. The summed E-state index contributed by atoms with van der Waals surface area (Å²) >= 11 is 0. The third-order valence-corrected chi connectivity index (χ3v) is 4.62. The fourth-order valence-corrected chi connectivity index (χ4v) is 3.51. The van der Waals surface area contributed by atoms with Crippen molar-refractivity contribution in [3.05, 3.63) is 27.7 Å². The van der Waals surface area contributed by atoms with E-state index >= 15 is 0 Å². The van der Waals surface area contributed by atoms with Crippen LogP contribution in [0.4, 0.5) is 0 Å². The van der Waals surface area contributed by atoms with Gasteiger partial charge in [-0.1, -0.05) is 27.7 Å². The van der Waals surface area contributed by atoms with Gasteiger partial charge in [0.25, 0.3) is 5.56 Å². The van der Waals surface area contributed by atoms with E-state index in [-0.39, 0.29) is 11.5 Å². The maximum absolute atomic E-state index is 12.5. The monoisotopic (exact) mass is 349 g/mol. The number of ether oxygens (including phenoxy) is 1. The Labute approximate surface area is 150 Å². The fraction of sp³-hybridized carbons (Fsp3) is 0.737. The van der Waals surface area contributed by atoms with Crippen LogP contribution in [0.25, 0.3) is 0 Å². The molecule has 0 unspecified atom stereocenters. The number of hydrogen-bond acceptors (Lipinski definition) is 5. The second-order valence-electron chi connectivity index (χ2n) is 8.36. The van der Waals surface area contributed by atoms with E-state index in [1.54, 1.807) is 6.92 Å². The molecule has 140 valence electrons. The lowest BCUT2D eigenvalue weighted by molar-refractivity contribution is -0.145. The molecule has 2 heterocycles. The average Bonchev–Trinajstić information content (AvgIpc) is 2.50. The molecule has 1 aliphatic heterocycles. The van der Waals surface area contributed by atoms with Crippen LogP contribution in [0, 0.1) is 18.3 Å². The standard InChI is InChI=1S/C19H31N3O3/c1-13(2)9-16(18(24)25-6)22-17(23)14(3)10-15(20-22)7-8-21-11-19(4,5)12-21/h10,13,16H,7-9,11-12H2,1-6H3/t16-/m0/s1. The Morgan fingerprint density at radius 3 is 2.52 bits per heavy atom. The maximum atomic E-state index is 12.5. The zero-order chi connectivity index (χ0) is 18.8. The summed E-state index contributed by atoms with van der Waals surface area (Å²) in [6.45, 7) is 13.4. The Hall–Kier alpha value is -1.69. The number of carbonyl (C=O) groups is 1. The van der Waals surface area contributed by atoms with E-state index in [4.69, 9.17) is 4.74 Å². The van der Waals surface area contributed by atoms with Crippen LogP contribution < -0.4 is 5.56 Å². The molecule has 0 bridgehead atoms. The number of nitrogens with zero attached hydrogens (tertiary/aromatic N) is 3. The number of aryl methyl sites for hydroxylation is 1. The van der Waals surface area contributed by atoms with E-state index in [0.29, 0.717) is 17.4 Å². The zero-order valence-electron chi connectivity index (χ0n) is 16.3. The van der Waals surface area contributed by atoms with Crippen LogP contribution in [0.3, 0.4) is 0 Å². The smallest absolute Gasteiger partial charge is 0.330 e. The fourth-order valence-electron chi connectivity index (χ4n) is 3.51. The van der Waals surface area contributed by atoms with E-state index in [1.807, 2.05) is 19.9 Å². The molecule has 1 aromatic heterocycles. The van der Waals surface area contributed by atoms with Gasteiger partial charge in [-0.2, -0.15) is 5.10 Å². The van der Waals surface area contributed by atoms with Gasteiger partial charge in [0, 0.05) is 31.6 Å². The summed E-state index contributed by atoms with van der Waals surface area (Å²) in [6.07, 6.45) is 1.30. The number of carbonyl (C=O) groups excluding carboxylic acids is 1. The van der Waals surface area contributed by atoms with E-state index in [1.165, 1.54) is 11.8 Å². The third-order valence-electron chi connectivity index (χ3n) is 4.62. The van der Waals surface area contributed by atoms with Crippen LogP contribution >= 0.6 is 0 Å². The van der Waals surface area contributed by atoms with Gasteiger partial charge < -0.3 is 9.64 Å². The van der Waals surface area contributed by atoms with Crippen molar-refractivity contribution in [3.8, 4) is 0 Å². The van der Waals surface area contributed by atoms with Crippen molar-refractivity contribution in [1.82, 2.24) is 14.7 Å². The first-order chi connectivity index (χ1) is 11.6. The van der Waals surface area contributed by atoms with E-state index in [2.05, 4.69) is 23.8 Å². The number of rotatable bonds is 7. The van der Waals surface area contributed by atoms with Crippen LogP contribution in [0.15, 0.2) is 10.9 Å². The Kier molecular flexibility index (Phi) is 6.03. The number of aromatic nitrogens is 2. The van der Waals surface area contributed by atoms with Crippen LogP contribution in [0.1, 0.15) is 51.4 Å². The molecule has 2 rings (SSSR count). The quantitative estimate of drug-likeness (QED) is 0.706. The molecule has 0 saturated carbocycles. The van der Waals surface area contributed by atoms with Gasteiger partial charge in [-0.3, -0.25) is 4.79 Å². The lowest BCUT2D eigenvalue weighted by Gasteiger charge is -2.46. The van der Waals surface area contributed by atoms with Gasteiger partial charge >= 0.3 is 5.97 Å². The Bertz CT molecular complexity index is 671. The molecule has 0 spiro atoms. The van der Waals surface area contributed by atoms with Gasteiger partial charge in [0.05, 0.1) is 12.8 Å². The number of likely N-dealkylation sites (tertiary alicyclic amines) is 1. The minimum atomic E-state index is -0.668. The van der Waals surface area contributed by atoms with Gasteiger partial charge in [0.1, 0.15) is 0 Å². The van der Waals surface area contributed by atoms with Crippen LogP contribution in [0.5, 0.6) is 0 Å². The van der Waals surface area contributed by atoms with Gasteiger partial charge in [-0.05, 0) is 30.7 Å². The van der Waals surface area contributed by atoms with Crippen molar-refractivity contribution in [1.29, 1.82) is 0 Å². The minimum absolute atomic E-state index is 0.218. The van der Waals surface area contributed by atoms with Crippen LogP contribution in [-0.2, 0) is 16.0 Å². The molecular formula is C19H31N3O3. The summed E-state index contributed by atoms with van der Waals surface area (Å²) in [7, 11) is 1.35. The lowest BCUT2D eigenvalue weighted by atomic mass is 9.84. The molecule has 6 nitrogen and oxygen atoms in total. The van der Waals surface area contributed by atoms with Crippen molar-refractivity contribution in [2.24, 2.45) is 11.3 Å². The SMILES string of the molecule is COC(=O)[C@H](CC(C)C)n1nc(CCN2CC(C)(C)C2)cc(C)c1=O. The molecule has 0 aliphatic carbocycles. The Morgan fingerprint density at radius 1 is 1.36 bits per heavy atom. The molecule has 6 heteroatoms. The molecule has 0 amide bonds. The normalized spacial score (nSPS) is 18.0. The predicted octanol–water partition coefficient (Wildman–Crippen LogP) is 2.20. The van der Waals surface area contributed by atoms with E-state index in [0.717, 1.165) is 31.7 Å². The molecule has 1 fully saturated rings. The van der Waals surface area contributed by atoms with Gasteiger partial charge in [0.15, 0.2) is 6.04 Å². The summed E-state index contributed by atoms with van der Waals surface area (Å²) in [4.78, 5) is 27.1. The number of esters is 1. The lowest BCUT2D eigenvalue weighted by Crippen LogP contribution is -2.53. The highest BCUT2D eigenvalue weighted by Crippen LogP contribution is 2.28. The van der Waals surface area contributed by atoms with Crippen molar-refractivity contribution in [3.63, 3.8) is 0 Å². The average molecular weight is 349 g/mol. The first-order valence-corrected chi connectivity index (χ1v) is 9.02. The highest BCUT2D eigenvalue weighted by Gasteiger charge is 2.33. The molecular weight excluding hydrogens is 318 g/mol. The Balaban J connectivity index is 2.20. The van der Waals surface area contributed by atoms with Gasteiger partial charge in [-0.15, -0.1) is 0 Å². The predicted molar refractivity (Wildman–Crippen MR) is 97.7 cm³/mol. The largest absolute Gasteiger partial charge is 0.467 e. The first kappa shape index (κ1) is 19.6. The number of hydrogen-bond donors (Lipinski definition) is 0. The molecule has 1 atom stereocenters. The van der Waals surface area contributed by atoms with Crippen molar-refractivity contribution in [2.75, 3.05) is 26.7 Å². The molecule has 25 heavy (non-hydrogen) atoms. The highest BCUT2D eigenvalue weighted by atomic mass is 16.5. The first-order valence-electron chi connectivity index (χ1n) is 9.02. The Morgan fingerprint density at radius 2 is 2.00 bits per heavy atom. The second-order valence-corrected chi connectivity index (χ2v) is 8.36. The molecule has 0 N–H and O–H groups in total. The zero-order valence-corrected chi connectivity index (χ0v) is 16.3. The van der Waals surface area contributed by atoms with Crippen molar-refractivity contribution < 1.29 is 9.53 Å². The molecule has 1 aromatic rings. The summed E-state index contributed by atoms with van der Waals surface area (Å²) in [5.41, 5.74) is 1.64. The van der Waals surface area contributed by atoms with Crippen molar-refractivity contribution >= 4 is 5.97 Å². The van der Waals surface area contributed by atoms with E-state index in [9.17, 15) is 9.59 Å². The highest BCUT2D eigenvalue weighted by molar-refractivity contribution is 5.73. The second kappa shape index (κ2) is 7.68. The van der Waals surface area contributed by atoms with Gasteiger partial charge in [-0.25, -0.2) is 9.48 Å². The third kappa shape index (κ3) is 4.91. The van der Waals surface area contributed by atoms with Crippen LogP contribution in [-0.4, -0.2) is 47.4 Å². The molecule has 1 aliphatic rings. The molecule has 1 saturated heterocycles. The molecule has 0 aromatic carbocycles.